The summed E-state index contributed by atoms with van der Waals surface area (Å²) in [5.74, 6) is -0.741. The molecule has 16 nitrogen and oxygen atoms in total. The summed E-state index contributed by atoms with van der Waals surface area (Å²) in [6, 6.07) is -2.13. The van der Waals surface area contributed by atoms with Gasteiger partial charge in [-0.3, -0.25) is 10.0 Å². The van der Waals surface area contributed by atoms with Crippen molar-refractivity contribution in [1.29, 1.82) is 0 Å². The third-order valence-corrected chi connectivity index (χ3v) is 7.97. The van der Waals surface area contributed by atoms with Gasteiger partial charge in [0.05, 0.1) is 37.9 Å². The van der Waals surface area contributed by atoms with Crippen molar-refractivity contribution in [1.82, 2.24) is 15.7 Å². The molecule has 1 unspecified atom stereocenters. The zero-order valence-electron chi connectivity index (χ0n) is 24.4. The van der Waals surface area contributed by atoms with E-state index >= 15 is 0 Å². The van der Waals surface area contributed by atoms with Gasteiger partial charge in [0.2, 0.25) is 12.2 Å². The van der Waals surface area contributed by atoms with Gasteiger partial charge in [-0.05, 0) is 51.8 Å². The molecule has 42 heavy (non-hydrogen) atoms. The molecular weight excluding hydrogens is 556 g/mol. The Hall–Kier alpha value is -1.51. The van der Waals surface area contributed by atoms with Crippen LogP contribution in [0, 0.1) is 5.92 Å². The van der Waals surface area contributed by atoms with Crippen LogP contribution in [0.5, 0.6) is 0 Å². The standard InChI is InChI=1S/C26H50N6O10/c1-26(37)13-39-25(20(36)23(26)30-2)41-21-14(11-18(34)32(38)8-6-27)10-17(29)22(19(21)35)42-24-16(28)5-4-15(40-24)12-31-7-3-9-33/h4,14,16-17,19-25,30-31,33,35-38H,3,5-13,27-29H2,1-2H3/t14-,16+,17-,19+,20+,21-,22?,23+,24+,25+,26-/m0/s1. The number of ether oxygens (including phenoxy) is 4. The summed E-state index contributed by atoms with van der Waals surface area (Å²) in [5, 5.41) is 58.7. The maximum atomic E-state index is 12.7. The Kier molecular flexibility index (Phi) is 13.3. The summed E-state index contributed by atoms with van der Waals surface area (Å²) in [5.41, 5.74) is 16.8. The van der Waals surface area contributed by atoms with Gasteiger partial charge in [0, 0.05) is 25.6 Å². The van der Waals surface area contributed by atoms with Gasteiger partial charge in [-0.2, -0.15) is 0 Å². The van der Waals surface area contributed by atoms with E-state index in [0.29, 0.717) is 36.8 Å². The van der Waals surface area contributed by atoms with Gasteiger partial charge in [-0.1, -0.05) is 0 Å². The molecule has 11 atom stereocenters. The SMILES string of the molecule is CN[C@@H]1[C@@H](O)[C@@H](O[C@H]2[C@H](CC(=O)N(O)CCN)C[C@H](N)C(O[C@H]3OC(CNCCCO)=CC[C@H]3N)[C@@H]2O)OC[C@]1(C)O. The van der Waals surface area contributed by atoms with Crippen molar-refractivity contribution in [3.8, 4) is 0 Å². The van der Waals surface area contributed by atoms with Crippen LogP contribution in [0.2, 0.25) is 0 Å². The zero-order valence-corrected chi connectivity index (χ0v) is 24.4. The number of nitrogens with one attached hydrogen (secondary N) is 2. The zero-order chi connectivity index (χ0) is 31.0. The maximum Gasteiger partial charge on any atom is 0.246 e. The van der Waals surface area contributed by atoms with Gasteiger partial charge in [0.1, 0.15) is 29.7 Å². The quantitative estimate of drug-likeness (QED) is 0.0513. The topological polar surface area (TPSA) is 260 Å². The minimum atomic E-state index is -1.41. The summed E-state index contributed by atoms with van der Waals surface area (Å²) < 4.78 is 23.9. The van der Waals surface area contributed by atoms with E-state index in [-0.39, 0.29) is 39.1 Å². The van der Waals surface area contributed by atoms with Crippen LogP contribution >= 0.6 is 0 Å². The van der Waals surface area contributed by atoms with Crippen LogP contribution in [0.3, 0.4) is 0 Å². The van der Waals surface area contributed by atoms with Crippen molar-refractivity contribution >= 4 is 5.91 Å². The van der Waals surface area contributed by atoms with E-state index in [1.54, 1.807) is 7.05 Å². The molecular formula is C26H50N6O10. The molecule has 0 aromatic heterocycles. The molecule has 244 valence electrons. The molecule has 1 aliphatic carbocycles. The van der Waals surface area contributed by atoms with E-state index < -0.39 is 72.5 Å². The van der Waals surface area contributed by atoms with Gasteiger partial charge in [-0.15, -0.1) is 0 Å². The normalized spacial score (nSPS) is 39.0. The number of nitrogens with two attached hydrogens (primary N) is 3. The van der Waals surface area contributed by atoms with E-state index in [1.807, 2.05) is 6.08 Å². The predicted octanol–water partition coefficient (Wildman–Crippen LogP) is -3.98. The number of likely N-dealkylation sites (N-methyl/N-ethyl adjacent to an activating group) is 1. The average molecular weight is 607 g/mol. The number of hydrogen-bond acceptors (Lipinski definition) is 15. The lowest BCUT2D eigenvalue weighted by molar-refractivity contribution is -0.308. The summed E-state index contributed by atoms with van der Waals surface area (Å²) in [6.45, 7) is 2.37. The second-order valence-electron chi connectivity index (χ2n) is 11.5. The van der Waals surface area contributed by atoms with Crippen molar-refractivity contribution in [2.75, 3.05) is 46.4 Å². The number of carbonyl (C=O) groups excluding carboxylic acids is 1. The van der Waals surface area contributed by atoms with Crippen LogP contribution in [0.4, 0.5) is 0 Å². The van der Waals surface area contributed by atoms with Gasteiger partial charge in [0.25, 0.3) is 0 Å². The van der Waals surface area contributed by atoms with Crippen LogP contribution in [-0.2, 0) is 23.7 Å². The lowest BCUT2D eigenvalue weighted by Crippen LogP contribution is -2.67. The fourth-order valence-corrected chi connectivity index (χ4v) is 5.68. The number of aliphatic hydroxyl groups excluding tert-OH is 3. The molecule has 1 saturated heterocycles. The number of aliphatic hydroxyl groups is 4. The number of nitrogens with zero attached hydrogens (tertiary/aromatic N) is 1. The van der Waals surface area contributed by atoms with Crippen LogP contribution in [0.1, 0.15) is 32.6 Å². The van der Waals surface area contributed by atoms with E-state index in [1.165, 1.54) is 6.92 Å². The Morgan fingerprint density at radius 1 is 1.19 bits per heavy atom. The second kappa shape index (κ2) is 16.0. The summed E-state index contributed by atoms with van der Waals surface area (Å²) in [4.78, 5) is 12.7. The molecule has 0 bridgehead atoms. The van der Waals surface area contributed by atoms with Gasteiger partial charge in [-0.25, -0.2) is 5.06 Å². The second-order valence-corrected chi connectivity index (χ2v) is 11.5. The number of hydroxylamine groups is 2. The Morgan fingerprint density at radius 3 is 2.57 bits per heavy atom. The van der Waals surface area contributed by atoms with Crippen LogP contribution in [0.25, 0.3) is 0 Å². The molecule has 3 rings (SSSR count). The van der Waals surface area contributed by atoms with E-state index in [2.05, 4.69) is 10.6 Å². The van der Waals surface area contributed by atoms with Crippen molar-refractivity contribution in [2.45, 2.75) is 93.3 Å². The smallest absolute Gasteiger partial charge is 0.246 e. The van der Waals surface area contributed by atoms with Crippen LogP contribution in [0.15, 0.2) is 11.8 Å². The van der Waals surface area contributed by atoms with Crippen molar-refractivity contribution in [3.05, 3.63) is 11.8 Å². The molecule has 2 aliphatic heterocycles. The lowest BCUT2D eigenvalue weighted by Gasteiger charge is -2.48. The molecule has 0 aromatic carbocycles. The first-order valence-corrected chi connectivity index (χ1v) is 14.5. The summed E-state index contributed by atoms with van der Waals surface area (Å²) in [6.07, 6.45) is -4.29. The molecule has 0 spiro atoms. The van der Waals surface area contributed by atoms with Gasteiger partial charge in [0.15, 0.2) is 6.29 Å². The van der Waals surface area contributed by atoms with Gasteiger partial charge >= 0.3 is 0 Å². The molecule has 3 aliphatic rings. The molecule has 1 amide bonds. The van der Waals surface area contributed by atoms with Crippen LogP contribution in [-0.4, -0.2) is 144 Å². The highest BCUT2D eigenvalue weighted by Gasteiger charge is 2.51. The Labute approximate surface area is 246 Å². The minimum Gasteiger partial charge on any atom is -0.467 e. The van der Waals surface area contributed by atoms with Crippen molar-refractivity contribution in [3.63, 3.8) is 0 Å². The van der Waals surface area contributed by atoms with Gasteiger partial charge < -0.3 is 67.2 Å². The highest BCUT2D eigenvalue weighted by atomic mass is 16.7. The number of amides is 1. The Balaban J connectivity index is 1.77. The number of carbonyl (C=O) groups is 1. The van der Waals surface area contributed by atoms with E-state index in [4.69, 9.17) is 41.3 Å². The highest BCUT2D eigenvalue weighted by molar-refractivity contribution is 5.75. The average Bonchev–Trinajstić information content (AvgIpc) is 2.93. The molecule has 0 radical (unpaired) electrons. The Bertz CT molecular complexity index is 885. The maximum absolute atomic E-state index is 12.7. The summed E-state index contributed by atoms with van der Waals surface area (Å²) >= 11 is 0. The monoisotopic (exact) mass is 606 g/mol. The number of rotatable bonds is 14. The predicted molar refractivity (Wildman–Crippen MR) is 148 cm³/mol. The molecule has 0 aromatic rings. The third kappa shape index (κ3) is 8.78. The molecule has 16 heteroatoms. The first kappa shape index (κ1) is 35.0. The van der Waals surface area contributed by atoms with E-state index in [0.717, 1.165) is 0 Å². The summed E-state index contributed by atoms with van der Waals surface area (Å²) in [7, 11) is 1.58. The first-order valence-electron chi connectivity index (χ1n) is 14.5. The largest absolute Gasteiger partial charge is 0.467 e. The molecule has 1 saturated carbocycles. The fourth-order valence-electron chi connectivity index (χ4n) is 5.68. The minimum absolute atomic E-state index is 0.0490. The Morgan fingerprint density at radius 2 is 1.90 bits per heavy atom. The highest BCUT2D eigenvalue weighted by Crippen LogP contribution is 2.36. The number of hydrogen-bond donors (Lipinski definition) is 10. The van der Waals surface area contributed by atoms with E-state index in [9.17, 15) is 25.3 Å². The first-order chi connectivity index (χ1) is 19.9. The molecule has 2 fully saturated rings. The molecule has 2 heterocycles. The fraction of sp³-hybridized carbons (Fsp3) is 0.885. The van der Waals surface area contributed by atoms with Crippen molar-refractivity contribution in [2.24, 2.45) is 23.1 Å². The third-order valence-electron chi connectivity index (χ3n) is 7.97. The van der Waals surface area contributed by atoms with Crippen molar-refractivity contribution < 1.29 is 49.4 Å². The van der Waals surface area contributed by atoms with Crippen LogP contribution < -0.4 is 27.8 Å². The lowest BCUT2D eigenvalue weighted by atomic mass is 9.77. The molecule has 13 N–H and O–H groups in total.